The first-order valence-electron chi connectivity index (χ1n) is 14.0. The van der Waals surface area contributed by atoms with Gasteiger partial charge in [-0.15, -0.1) is 34.0 Å². The fourth-order valence-electron chi connectivity index (χ4n) is 5.79. The predicted molar refractivity (Wildman–Crippen MR) is 169 cm³/mol. The standard InChI is InChI=1S/C32H35OPS3/c1-2-3-4-5-6-7-8-9-10-11-16-23-21-22-28(35-23)34(33)29-24-17-12-14-19-26(24)36-31(29)32-30(34)25-18-13-15-20-27(25)37-32/h12-15,17-22H,2-11,16H2,1H3. The minimum absolute atomic E-state index is 1.07. The molecule has 0 unspecified atom stereocenters. The molecule has 1 aliphatic heterocycles. The Morgan fingerprint density at radius 2 is 1.11 bits per heavy atom. The summed E-state index contributed by atoms with van der Waals surface area (Å²) in [6.07, 6.45) is 14.7. The van der Waals surface area contributed by atoms with E-state index in [9.17, 15) is 0 Å². The Morgan fingerprint density at radius 3 is 1.68 bits per heavy atom. The molecule has 0 amide bonds. The van der Waals surface area contributed by atoms with Gasteiger partial charge in [-0.05, 0) is 37.1 Å². The fourth-order valence-corrected chi connectivity index (χ4v) is 14.5. The summed E-state index contributed by atoms with van der Waals surface area (Å²) < 4.78 is 19.0. The Kier molecular flexibility index (Phi) is 7.73. The van der Waals surface area contributed by atoms with Crippen molar-refractivity contribution < 1.29 is 4.57 Å². The summed E-state index contributed by atoms with van der Waals surface area (Å²) in [7, 11) is -2.90. The summed E-state index contributed by atoms with van der Waals surface area (Å²) >= 11 is 5.44. The van der Waals surface area contributed by atoms with Crippen molar-refractivity contribution in [3.05, 3.63) is 65.5 Å². The second-order valence-corrected chi connectivity index (χ2v) is 16.5. The van der Waals surface area contributed by atoms with E-state index in [1.54, 1.807) is 11.3 Å². The van der Waals surface area contributed by atoms with Crippen LogP contribution in [0.15, 0.2) is 60.7 Å². The molecule has 5 aromatic rings. The maximum absolute atomic E-state index is 15.4. The SMILES string of the molecule is CCCCCCCCCCCCc1ccc(P2(=O)c3c(sc4ccccc34)-c3sc4ccccc4c32)s1. The Hall–Kier alpha value is -1.71. The minimum atomic E-state index is -2.90. The van der Waals surface area contributed by atoms with E-state index in [4.69, 9.17) is 0 Å². The topological polar surface area (TPSA) is 17.1 Å². The van der Waals surface area contributed by atoms with Gasteiger partial charge in [-0.25, -0.2) is 0 Å². The van der Waals surface area contributed by atoms with Crippen LogP contribution in [0.5, 0.6) is 0 Å². The lowest BCUT2D eigenvalue weighted by molar-refractivity contribution is 0.557. The largest absolute Gasteiger partial charge is 0.308 e. The molecule has 192 valence electrons. The summed E-state index contributed by atoms with van der Waals surface area (Å²) in [6, 6.07) is 21.5. The molecule has 0 saturated carbocycles. The highest BCUT2D eigenvalue weighted by Crippen LogP contribution is 2.60. The highest BCUT2D eigenvalue weighted by molar-refractivity contribution is 7.92. The predicted octanol–water partition coefficient (Wildman–Crippen LogP) is 10.3. The number of hydrogen-bond donors (Lipinski definition) is 0. The lowest BCUT2D eigenvalue weighted by Crippen LogP contribution is -2.18. The van der Waals surface area contributed by atoms with E-state index in [1.165, 1.54) is 99.0 Å². The molecule has 0 spiro atoms. The van der Waals surface area contributed by atoms with Gasteiger partial charge in [0.2, 0.25) is 0 Å². The average Bonchev–Trinajstić information content (AvgIpc) is 3.67. The number of thiophene rings is 3. The van der Waals surface area contributed by atoms with Gasteiger partial charge in [0.05, 0.1) is 14.4 Å². The molecule has 2 aromatic carbocycles. The van der Waals surface area contributed by atoms with Crippen LogP contribution in [-0.4, -0.2) is 0 Å². The van der Waals surface area contributed by atoms with Gasteiger partial charge < -0.3 is 4.57 Å². The molecule has 3 aromatic heterocycles. The molecular formula is C32H35OPS3. The van der Waals surface area contributed by atoms with Crippen LogP contribution < -0.4 is 15.2 Å². The fraction of sp³-hybridized carbons (Fsp3) is 0.375. The zero-order valence-corrected chi connectivity index (χ0v) is 25.0. The Balaban J connectivity index is 1.21. The molecule has 0 aliphatic carbocycles. The van der Waals surface area contributed by atoms with Gasteiger partial charge in [0.1, 0.15) is 0 Å². The van der Waals surface area contributed by atoms with E-state index in [0.717, 1.165) is 21.6 Å². The number of hydrogen-bond acceptors (Lipinski definition) is 4. The summed E-state index contributed by atoms with van der Waals surface area (Å²) in [5.74, 6) is 0. The summed E-state index contributed by atoms with van der Waals surface area (Å²) in [4.78, 5) is 3.87. The van der Waals surface area contributed by atoms with Crippen molar-refractivity contribution in [3.8, 4) is 9.75 Å². The Morgan fingerprint density at radius 1 is 0.595 bits per heavy atom. The molecule has 5 heteroatoms. The van der Waals surface area contributed by atoms with Crippen molar-refractivity contribution >= 4 is 76.6 Å². The summed E-state index contributed by atoms with van der Waals surface area (Å²) in [5, 5.41) is 4.57. The number of aryl methyl sites for hydroxylation is 1. The molecule has 0 saturated heterocycles. The van der Waals surface area contributed by atoms with E-state index in [1.807, 2.05) is 22.7 Å². The maximum atomic E-state index is 15.4. The highest BCUT2D eigenvalue weighted by Gasteiger charge is 2.46. The van der Waals surface area contributed by atoms with Crippen LogP contribution in [0.3, 0.4) is 0 Å². The molecule has 1 nitrogen and oxygen atoms in total. The highest BCUT2D eigenvalue weighted by atomic mass is 32.1. The van der Waals surface area contributed by atoms with E-state index in [2.05, 4.69) is 67.6 Å². The Bertz CT molecular complexity index is 1490. The molecule has 4 heterocycles. The first-order chi connectivity index (χ1) is 18.2. The van der Waals surface area contributed by atoms with Crippen LogP contribution in [0, 0.1) is 0 Å². The maximum Gasteiger partial charge on any atom is 0.184 e. The van der Waals surface area contributed by atoms with Gasteiger partial charge in [0, 0.05) is 35.7 Å². The molecule has 0 fully saturated rings. The minimum Gasteiger partial charge on any atom is -0.308 e. The van der Waals surface area contributed by atoms with E-state index < -0.39 is 7.14 Å². The number of unbranched alkanes of at least 4 members (excludes halogenated alkanes) is 9. The van der Waals surface area contributed by atoms with Crippen molar-refractivity contribution in [2.45, 2.75) is 77.6 Å². The van der Waals surface area contributed by atoms with Crippen LogP contribution in [0.1, 0.15) is 76.0 Å². The zero-order valence-electron chi connectivity index (χ0n) is 21.6. The third-order valence-electron chi connectivity index (χ3n) is 7.71. The van der Waals surface area contributed by atoms with Gasteiger partial charge >= 0.3 is 0 Å². The van der Waals surface area contributed by atoms with Gasteiger partial charge in [-0.3, -0.25) is 0 Å². The lowest BCUT2D eigenvalue weighted by atomic mass is 10.1. The van der Waals surface area contributed by atoms with Crippen LogP contribution in [0.2, 0.25) is 0 Å². The van der Waals surface area contributed by atoms with Crippen molar-refractivity contribution in [1.82, 2.24) is 0 Å². The molecule has 0 bridgehead atoms. The monoisotopic (exact) mass is 562 g/mol. The van der Waals surface area contributed by atoms with Crippen molar-refractivity contribution in [1.29, 1.82) is 0 Å². The molecule has 1 aliphatic rings. The Labute approximate surface area is 232 Å². The van der Waals surface area contributed by atoms with Crippen LogP contribution in [-0.2, 0) is 11.0 Å². The summed E-state index contributed by atoms with van der Waals surface area (Å²) in [5.41, 5.74) is 0. The third kappa shape index (κ3) is 4.69. The molecule has 6 rings (SSSR count). The quantitative estimate of drug-likeness (QED) is 0.107. The number of rotatable bonds is 12. The molecule has 0 atom stereocenters. The van der Waals surface area contributed by atoms with Crippen LogP contribution in [0.4, 0.5) is 0 Å². The first kappa shape index (κ1) is 25.6. The molecular weight excluding hydrogens is 528 g/mol. The normalized spacial score (nSPS) is 14.0. The zero-order chi connectivity index (χ0) is 25.2. The van der Waals surface area contributed by atoms with Gasteiger partial charge in [-0.1, -0.05) is 101 Å². The van der Waals surface area contributed by atoms with E-state index in [-0.39, 0.29) is 0 Å². The molecule has 37 heavy (non-hydrogen) atoms. The van der Waals surface area contributed by atoms with Crippen LogP contribution in [0.25, 0.3) is 29.9 Å². The average molecular weight is 563 g/mol. The molecule has 0 N–H and O–H groups in total. The van der Waals surface area contributed by atoms with E-state index >= 15 is 4.57 Å². The smallest absolute Gasteiger partial charge is 0.184 e. The second-order valence-electron chi connectivity index (χ2n) is 10.3. The van der Waals surface area contributed by atoms with Crippen LogP contribution >= 0.6 is 41.2 Å². The van der Waals surface area contributed by atoms with Crippen molar-refractivity contribution in [3.63, 3.8) is 0 Å². The number of fused-ring (bicyclic) bond motifs is 7. The number of benzene rings is 2. The van der Waals surface area contributed by atoms with Crippen molar-refractivity contribution in [2.24, 2.45) is 0 Å². The van der Waals surface area contributed by atoms with E-state index in [0.29, 0.717) is 0 Å². The third-order valence-corrected chi connectivity index (χ3v) is 15.5. The summed E-state index contributed by atoms with van der Waals surface area (Å²) in [6.45, 7) is 2.28. The molecule has 0 radical (unpaired) electrons. The van der Waals surface area contributed by atoms with Gasteiger partial charge in [0.25, 0.3) is 0 Å². The first-order valence-corrected chi connectivity index (χ1v) is 18.1. The van der Waals surface area contributed by atoms with Gasteiger partial charge in [0.15, 0.2) is 7.14 Å². The van der Waals surface area contributed by atoms with Gasteiger partial charge in [-0.2, -0.15) is 0 Å². The second kappa shape index (κ2) is 11.2. The lowest BCUT2D eigenvalue weighted by Gasteiger charge is -2.13. The van der Waals surface area contributed by atoms with Crippen molar-refractivity contribution in [2.75, 3.05) is 0 Å².